The molecule has 2 unspecified atom stereocenters. The SMILES string of the molecule is CCNC(C(C)C)C(O)c1ccc(Cl)cc1. The van der Waals surface area contributed by atoms with Gasteiger partial charge in [0.05, 0.1) is 6.10 Å². The summed E-state index contributed by atoms with van der Waals surface area (Å²) in [6, 6.07) is 7.44. The van der Waals surface area contributed by atoms with E-state index in [0.717, 1.165) is 12.1 Å². The Morgan fingerprint density at radius 2 is 1.81 bits per heavy atom. The van der Waals surface area contributed by atoms with Crippen LogP contribution in [-0.4, -0.2) is 17.7 Å². The van der Waals surface area contributed by atoms with Gasteiger partial charge in [-0.3, -0.25) is 0 Å². The van der Waals surface area contributed by atoms with Crippen LogP contribution >= 0.6 is 11.6 Å². The number of rotatable bonds is 5. The van der Waals surface area contributed by atoms with Gasteiger partial charge >= 0.3 is 0 Å². The predicted molar refractivity (Wildman–Crippen MR) is 68.7 cm³/mol. The first-order valence-electron chi connectivity index (χ1n) is 5.73. The van der Waals surface area contributed by atoms with Gasteiger partial charge in [-0.15, -0.1) is 0 Å². The summed E-state index contributed by atoms with van der Waals surface area (Å²) >= 11 is 5.82. The first kappa shape index (κ1) is 13.5. The lowest BCUT2D eigenvalue weighted by atomic mass is 9.93. The lowest BCUT2D eigenvalue weighted by Gasteiger charge is -2.27. The smallest absolute Gasteiger partial charge is 0.0945 e. The van der Waals surface area contributed by atoms with Gasteiger partial charge in [-0.1, -0.05) is 44.5 Å². The third-order valence-electron chi connectivity index (χ3n) is 2.71. The molecule has 0 amide bonds. The van der Waals surface area contributed by atoms with Crippen LogP contribution in [0.15, 0.2) is 24.3 Å². The summed E-state index contributed by atoms with van der Waals surface area (Å²) in [5.41, 5.74) is 0.907. The van der Waals surface area contributed by atoms with Crippen LogP contribution in [0.4, 0.5) is 0 Å². The molecule has 3 heteroatoms. The molecular weight excluding hydrogens is 222 g/mol. The number of likely N-dealkylation sites (N-methyl/N-ethyl adjacent to an activating group) is 1. The van der Waals surface area contributed by atoms with E-state index in [1.807, 2.05) is 31.2 Å². The van der Waals surface area contributed by atoms with Crippen molar-refractivity contribution in [1.82, 2.24) is 5.32 Å². The van der Waals surface area contributed by atoms with E-state index in [4.69, 9.17) is 11.6 Å². The van der Waals surface area contributed by atoms with Crippen molar-refractivity contribution < 1.29 is 5.11 Å². The average Bonchev–Trinajstić information content (AvgIpc) is 2.25. The van der Waals surface area contributed by atoms with Crippen molar-refractivity contribution >= 4 is 11.6 Å². The molecule has 2 nitrogen and oxygen atoms in total. The third kappa shape index (κ3) is 3.48. The van der Waals surface area contributed by atoms with Crippen LogP contribution < -0.4 is 5.32 Å². The van der Waals surface area contributed by atoms with E-state index in [0.29, 0.717) is 10.9 Å². The highest BCUT2D eigenvalue weighted by atomic mass is 35.5. The first-order chi connectivity index (χ1) is 7.56. The van der Waals surface area contributed by atoms with Crippen molar-refractivity contribution in [2.24, 2.45) is 5.92 Å². The molecule has 1 rings (SSSR count). The summed E-state index contributed by atoms with van der Waals surface area (Å²) in [4.78, 5) is 0. The number of benzene rings is 1. The molecule has 0 radical (unpaired) electrons. The maximum absolute atomic E-state index is 10.3. The fourth-order valence-electron chi connectivity index (χ4n) is 1.81. The Bertz CT molecular complexity index is 310. The summed E-state index contributed by atoms with van der Waals surface area (Å²) in [5.74, 6) is 0.380. The van der Waals surface area contributed by atoms with E-state index in [2.05, 4.69) is 19.2 Å². The number of halogens is 1. The second-order valence-electron chi connectivity index (χ2n) is 4.32. The molecule has 0 aliphatic heterocycles. The Kier molecular flexibility index (Phi) is 5.26. The molecule has 0 saturated carbocycles. The Labute approximate surface area is 103 Å². The highest BCUT2D eigenvalue weighted by Crippen LogP contribution is 2.23. The third-order valence-corrected chi connectivity index (χ3v) is 2.96. The molecule has 1 aromatic carbocycles. The van der Waals surface area contributed by atoms with Crippen LogP contribution in [0.1, 0.15) is 32.4 Å². The van der Waals surface area contributed by atoms with E-state index in [-0.39, 0.29) is 6.04 Å². The monoisotopic (exact) mass is 241 g/mol. The first-order valence-corrected chi connectivity index (χ1v) is 6.11. The summed E-state index contributed by atoms with van der Waals surface area (Å²) in [5, 5.41) is 14.3. The van der Waals surface area contributed by atoms with Gasteiger partial charge in [0.25, 0.3) is 0 Å². The lowest BCUT2D eigenvalue weighted by molar-refractivity contribution is 0.106. The van der Waals surface area contributed by atoms with E-state index >= 15 is 0 Å². The standard InChI is InChI=1S/C13H20ClNO/c1-4-15-12(9(2)3)13(16)10-5-7-11(14)8-6-10/h5-9,12-13,15-16H,4H2,1-3H3. The van der Waals surface area contributed by atoms with Crippen LogP contribution in [0.5, 0.6) is 0 Å². The van der Waals surface area contributed by atoms with Crippen molar-refractivity contribution in [2.75, 3.05) is 6.54 Å². The summed E-state index contributed by atoms with van der Waals surface area (Å²) in [6.45, 7) is 7.11. The predicted octanol–water partition coefficient (Wildman–Crippen LogP) is 3.01. The minimum absolute atomic E-state index is 0.0752. The van der Waals surface area contributed by atoms with Crippen molar-refractivity contribution in [1.29, 1.82) is 0 Å². The summed E-state index contributed by atoms with van der Waals surface area (Å²) < 4.78 is 0. The van der Waals surface area contributed by atoms with E-state index < -0.39 is 6.10 Å². The van der Waals surface area contributed by atoms with Gasteiger partial charge in [0.2, 0.25) is 0 Å². The summed E-state index contributed by atoms with van der Waals surface area (Å²) in [7, 11) is 0. The molecule has 0 aliphatic carbocycles. The van der Waals surface area contributed by atoms with Gasteiger partial charge in [-0.2, -0.15) is 0 Å². The fourth-order valence-corrected chi connectivity index (χ4v) is 1.94. The van der Waals surface area contributed by atoms with Gasteiger partial charge in [0.15, 0.2) is 0 Å². The number of hydrogen-bond acceptors (Lipinski definition) is 2. The van der Waals surface area contributed by atoms with E-state index in [1.165, 1.54) is 0 Å². The largest absolute Gasteiger partial charge is 0.387 e. The van der Waals surface area contributed by atoms with Crippen LogP contribution in [0.2, 0.25) is 5.02 Å². The van der Waals surface area contributed by atoms with Crippen LogP contribution in [0.25, 0.3) is 0 Å². The van der Waals surface area contributed by atoms with Crippen molar-refractivity contribution in [3.05, 3.63) is 34.9 Å². The van der Waals surface area contributed by atoms with Gasteiger partial charge in [-0.25, -0.2) is 0 Å². The minimum atomic E-state index is -0.489. The van der Waals surface area contributed by atoms with Crippen molar-refractivity contribution in [3.8, 4) is 0 Å². The Morgan fingerprint density at radius 3 is 2.25 bits per heavy atom. The zero-order valence-corrected chi connectivity index (χ0v) is 10.8. The van der Waals surface area contributed by atoms with Crippen molar-refractivity contribution in [3.63, 3.8) is 0 Å². The molecule has 1 aromatic rings. The summed E-state index contributed by atoms with van der Waals surface area (Å²) in [6.07, 6.45) is -0.489. The maximum atomic E-state index is 10.3. The zero-order valence-electron chi connectivity index (χ0n) is 10.1. The number of aliphatic hydroxyl groups is 1. The van der Waals surface area contributed by atoms with Gasteiger partial charge in [0.1, 0.15) is 0 Å². The second kappa shape index (κ2) is 6.24. The number of nitrogens with one attached hydrogen (secondary N) is 1. The fraction of sp³-hybridized carbons (Fsp3) is 0.538. The highest BCUT2D eigenvalue weighted by molar-refractivity contribution is 6.30. The Hall–Kier alpha value is -0.570. The normalized spacial score (nSPS) is 15.1. The topological polar surface area (TPSA) is 32.3 Å². The van der Waals surface area contributed by atoms with Crippen molar-refractivity contribution in [2.45, 2.75) is 32.9 Å². The Morgan fingerprint density at radius 1 is 1.25 bits per heavy atom. The maximum Gasteiger partial charge on any atom is 0.0945 e. The highest BCUT2D eigenvalue weighted by Gasteiger charge is 2.22. The molecule has 2 N–H and O–H groups in total. The minimum Gasteiger partial charge on any atom is -0.387 e. The molecule has 0 spiro atoms. The van der Waals surface area contributed by atoms with Crippen LogP contribution in [0, 0.1) is 5.92 Å². The van der Waals surface area contributed by atoms with Gasteiger partial charge in [-0.05, 0) is 30.2 Å². The molecule has 90 valence electrons. The zero-order chi connectivity index (χ0) is 12.1. The Balaban J connectivity index is 2.81. The van der Waals surface area contributed by atoms with Crippen LogP contribution in [0.3, 0.4) is 0 Å². The molecule has 2 atom stereocenters. The second-order valence-corrected chi connectivity index (χ2v) is 4.76. The average molecular weight is 242 g/mol. The molecule has 0 bridgehead atoms. The quantitative estimate of drug-likeness (QED) is 0.831. The molecule has 0 fully saturated rings. The van der Waals surface area contributed by atoms with Gasteiger partial charge < -0.3 is 10.4 Å². The molecule has 16 heavy (non-hydrogen) atoms. The molecular formula is C13H20ClNO. The van der Waals surface area contributed by atoms with Gasteiger partial charge in [0, 0.05) is 11.1 Å². The number of hydrogen-bond donors (Lipinski definition) is 2. The molecule has 0 heterocycles. The number of aliphatic hydroxyl groups excluding tert-OH is 1. The van der Waals surface area contributed by atoms with E-state index in [1.54, 1.807) is 0 Å². The molecule has 0 saturated heterocycles. The van der Waals surface area contributed by atoms with E-state index in [9.17, 15) is 5.11 Å². The molecule has 0 aliphatic rings. The van der Waals surface area contributed by atoms with Crippen LogP contribution in [-0.2, 0) is 0 Å². The lowest BCUT2D eigenvalue weighted by Crippen LogP contribution is -2.39. The molecule has 0 aromatic heterocycles.